The minimum atomic E-state index is -0.315. The van der Waals surface area contributed by atoms with E-state index in [1.807, 2.05) is 6.07 Å². The predicted molar refractivity (Wildman–Crippen MR) is 85.9 cm³/mol. The molecule has 1 aliphatic rings. The fourth-order valence-electron chi connectivity index (χ4n) is 2.65. The van der Waals surface area contributed by atoms with Crippen LogP contribution in [0.25, 0.3) is 0 Å². The Kier molecular flexibility index (Phi) is 4.15. The molecule has 0 spiro atoms. The first-order chi connectivity index (χ1) is 10.2. The number of benzene rings is 1. The summed E-state index contributed by atoms with van der Waals surface area (Å²) in [6, 6.07) is 6.41. The van der Waals surface area contributed by atoms with E-state index in [-0.39, 0.29) is 16.8 Å². The minimum Gasteiger partial charge on any atom is -0.352 e. The van der Waals surface area contributed by atoms with E-state index in [0.29, 0.717) is 17.7 Å². The topological polar surface area (TPSA) is 51.4 Å². The number of guanidine groups is 1. The van der Waals surface area contributed by atoms with Crippen molar-refractivity contribution in [3.8, 4) is 6.07 Å². The van der Waals surface area contributed by atoms with Gasteiger partial charge in [-0.05, 0) is 32.0 Å². The van der Waals surface area contributed by atoms with Gasteiger partial charge in [-0.15, -0.1) is 0 Å². The second kappa shape index (κ2) is 5.60. The molecule has 0 unspecified atom stereocenters. The molecule has 1 N–H and O–H groups in total. The summed E-state index contributed by atoms with van der Waals surface area (Å²) in [4.78, 5) is 6.50. The number of hydrogen-bond donors (Lipinski definition) is 1. The van der Waals surface area contributed by atoms with Gasteiger partial charge in [0, 0.05) is 36.7 Å². The molecule has 2 rings (SSSR count). The molecule has 5 heteroatoms. The van der Waals surface area contributed by atoms with E-state index in [2.05, 4.69) is 42.9 Å². The third-order valence-corrected chi connectivity index (χ3v) is 4.96. The van der Waals surface area contributed by atoms with Crippen LogP contribution in [0.4, 0.5) is 4.39 Å². The number of halogens is 1. The van der Waals surface area contributed by atoms with Crippen LogP contribution in [0.5, 0.6) is 0 Å². The van der Waals surface area contributed by atoms with Gasteiger partial charge in [-0.25, -0.2) is 4.39 Å². The Bertz CT molecular complexity index is 641. The lowest BCUT2D eigenvalue weighted by atomic mass is 9.65. The molecule has 1 aliphatic heterocycles. The van der Waals surface area contributed by atoms with E-state index in [0.717, 1.165) is 12.5 Å². The number of nitriles is 1. The average molecular weight is 302 g/mol. The zero-order valence-electron chi connectivity index (χ0n) is 13.9. The number of nitrogens with one attached hydrogen (secondary N) is 1. The fraction of sp³-hybridized carbons (Fsp3) is 0.529. The molecule has 1 aromatic rings. The Morgan fingerprint density at radius 3 is 2.59 bits per heavy atom. The first kappa shape index (κ1) is 16.3. The van der Waals surface area contributed by atoms with Crippen LogP contribution >= 0.6 is 0 Å². The quantitative estimate of drug-likeness (QED) is 0.675. The molecule has 1 aromatic carbocycles. The highest BCUT2D eigenvalue weighted by molar-refractivity contribution is 5.82. The van der Waals surface area contributed by atoms with Crippen molar-refractivity contribution in [1.29, 1.82) is 5.26 Å². The third kappa shape index (κ3) is 2.66. The molecule has 0 amide bonds. The van der Waals surface area contributed by atoms with Crippen molar-refractivity contribution in [1.82, 2.24) is 10.2 Å². The number of hydrogen-bond acceptors (Lipinski definition) is 2. The molecule has 0 aromatic heterocycles. The van der Waals surface area contributed by atoms with Crippen LogP contribution in [-0.2, 0) is 6.54 Å². The van der Waals surface area contributed by atoms with Crippen LogP contribution in [0.3, 0.4) is 0 Å². The molecule has 22 heavy (non-hydrogen) atoms. The Hall–Kier alpha value is -2.09. The van der Waals surface area contributed by atoms with Gasteiger partial charge < -0.3 is 10.2 Å². The maximum absolute atomic E-state index is 13.8. The summed E-state index contributed by atoms with van der Waals surface area (Å²) in [6.45, 7) is 10.0. The van der Waals surface area contributed by atoms with Crippen molar-refractivity contribution in [2.24, 2.45) is 10.4 Å². The summed E-state index contributed by atoms with van der Waals surface area (Å²) in [5.41, 5.74) is 1.12. The second-order valence-corrected chi connectivity index (χ2v) is 6.85. The van der Waals surface area contributed by atoms with Crippen molar-refractivity contribution in [3.05, 3.63) is 35.1 Å². The summed E-state index contributed by atoms with van der Waals surface area (Å²) in [6.07, 6.45) is 0. The lowest BCUT2D eigenvalue weighted by Gasteiger charge is -2.62. The van der Waals surface area contributed by atoms with E-state index < -0.39 is 0 Å². The van der Waals surface area contributed by atoms with Crippen molar-refractivity contribution in [2.75, 3.05) is 13.6 Å². The van der Waals surface area contributed by atoms with Gasteiger partial charge in [-0.1, -0.05) is 13.8 Å². The van der Waals surface area contributed by atoms with Gasteiger partial charge in [0.2, 0.25) is 0 Å². The monoisotopic (exact) mass is 302 g/mol. The molecule has 4 nitrogen and oxygen atoms in total. The van der Waals surface area contributed by atoms with E-state index in [4.69, 9.17) is 5.26 Å². The number of nitrogens with zero attached hydrogens (tertiary/aromatic N) is 3. The van der Waals surface area contributed by atoms with Crippen molar-refractivity contribution < 1.29 is 4.39 Å². The number of aliphatic imine (C=N–C) groups is 1. The number of likely N-dealkylation sites (tertiary alicyclic amines) is 1. The fourth-order valence-corrected chi connectivity index (χ4v) is 2.65. The highest BCUT2D eigenvalue weighted by atomic mass is 19.1. The summed E-state index contributed by atoms with van der Waals surface area (Å²) in [5.74, 6) is 0.441. The van der Waals surface area contributed by atoms with Crippen molar-refractivity contribution >= 4 is 5.96 Å². The number of rotatable bonds is 2. The van der Waals surface area contributed by atoms with Gasteiger partial charge in [-0.3, -0.25) is 4.99 Å². The first-order valence-corrected chi connectivity index (χ1v) is 7.40. The van der Waals surface area contributed by atoms with E-state index >= 15 is 0 Å². The van der Waals surface area contributed by atoms with Gasteiger partial charge in [0.05, 0.1) is 11.6 Å². The van der Waals surface area contributed by atoms with Crippen LogP contribution < -0.4 is 5.32 Å². The molecule has 1 fully saturated rings. The smallest absolute Gasteiger partial charge is 0.194 e. The molecule has 0 saturated carbocycles. The van der Waals surface area contributed by atoms with E-state index in [9.17, 15) is 4.39 Å². The standard InChI is InChI=1S/C17H23FN4/c1-16(2)11-22(17(16,3)4)15(20-5)21-10-13-8-12(9-19)6-7-14(13)18/h6-8H,10-11H2,1-5H3,(H,20,21). The Labute approximate surface area is 131 Å². The molecule has 0 aliphatic carbocycles. The van der Waals surface area contributed by atoms with Gasteiger partial charge in [0.15, 0.2) is 5.96 Å². The largest absolute Gasteiger partial charge is 0.352 e. The lowest BCUT2D eigenvalue weighted by Crippen LogP contribution is -2.72. The van der Waals surface area contributed by atoms with Crippen LogP contribution in [0.15, 0.2) is 23.2 Å². The molecule has 0 atom stereocenters. The van der Waals surface area contributed by atoms with E-state index in [1.165, 1.54) is 12.1 Å². The summed E-state index contributed by atoms with van der Waals surface area (Å²) in [5, 5.41) is 12.1. The Morgan fingerprint density at radius 1 is 1.41 bits per heavy atom. The van der Waals surface area contributed by atoms with E-state index in [1.54, 1.807) is 13.1 Å². The maximum atomic E-state index is 13.8. The zero-order valence-corrected chi connectivity index (χ0v) is 13.9. The van der Waals surface area contributed by atoms with Crippen LogP contribution in [0.1, 0.15) is 38.8 Å². The normalized spacial score (nSPS) is 19.3. The van der Waals surface area contributed by atoms with Gasteiger partial charge in [0.1, 0.15) is 5.82 Å². The minimum absolute atomic E-state index is 0.0120. The Morgan fingerprint density at radius 2 is 2.09 bits per heavy atom. The molecule has 1 heterocycles. The van der Waals surface area contributed by atoms with Gasteiger partial charge in [-0.2, -0.15) is 5.26 Å². The third-order valence-electron chi connectivity index (χ3n) is 4.96. The first-order valence-electron chi connectivity index (χ1n) is 7.40. The summed E-state index contributed by atoms with van der Waals surface area (Å²) < 4.78 is 13.8. The molecular weight excluding hydrogens is 279 g/mol. The Balaban J connectivity index is 2.10. The van der Waals surface area contributed by atoms with Crippen molar-refractivity contribution in [2.45, 2.75) is 39.8 Å². The molecular formula is C17H23FN4. The summed E-state index contributed by atoms with van der Waals surface area (Å²) in [7, 11) is 1.73. The molecule has 1 saturated heterocycles. The maximum Gasteiger partial charge on any atom is 0.194 e. The van der Waals surface area contributed by atoms with Gasteiger partial charge >= 0.3 is 0 Å². The lowest BCUT2D eigenvalue weighted by molar-refractivity contribution is -0.0668. The highest BCUT2D eigenvalue weighted by Gasteiger charge is 2.53. The van der Waals surface area contributed by atoms with Crippen LogP contribution in [0, 0.1) is 22.6 Å². The zero-order chi connectivity index (χ0) is 16.5. The van der Waals surface area contributed by atoms with Crippen LogP contribution in [0.2, 0.25) is 0 Å². The second-order valence-electron chi connectivity index (χ2n) is 6.85. The van der Waals surface area contributed by atoms with Gasteiger partial charge in [0.25, 0.3) is 0 Å². The molecule has 0 bridgehead atoms. The van der Waals surface area contributed by atoms with Crippen molar-refractivity contribution in [3.63, 3.8) is 0 Å². The SMILES string of the molecule is CN=C(NCc1cc(C#N)ccc1F)N1CC(C)(C)C1(C)C. The summed E-state index contributed by atoms with van der Waals surface area (Å²) >= 11 is 0. The predicted octanol–water partition coefficient (Wildman–Crippen LogP) is 2.89. The van der Waals surface area contributed by atoms with Crippen LogP contribution in [-0.4, -0.2) is 30.0 Å². The highest BCUT2D eigenvalue weighted by Crippen LogP contribution is 2.46. The average Bonchev–Trinajstić information content (AvgIpc) is 2.48. The molecule has 0 radical (unpaired) electrons. The molecule has 118 valence electrons.